The van der Waals surface area contributed by atoms with Gasteiger partial charge in [0.05, 0.1) is 25.2 Å². The zero-order valence-corrected chi connectivity index (χ0v) is 9.92. The Balaban J connectivity index is 2.67. The average molecular weight is 253 g/mol. The highest BCUT2D eigenvalue weighted by molar-refractivity contribution is 5.95. The molecule has 6 heteroatoms. The van der Waals surface area contributed by atoms with E-state index in [0.717, 1.165) is 0 Å². The van der Waals surface area contributed by atoms with Crippen molar-refractivity contribution >= 4 is 17.6 Å². The number of para-hydroxylation sites is 1. The van der Waals surface area contributed by atoms with Crippen LogP contribution in [0.3, 0.4) is 0 Å². The Labute approximate surface area is 104 Å². The number of carboxylic acids is 1. The van der Waals surface area contributed by atoms with Gasteiger partial charge in [0.25, 0.3) is 0 Å². The molecule has 0 saturated heterocycles. The molecular formula is C12H15NO5. The molecule has 18 heavy (non-hydrogen) atoms. The van der Waals surface area contributed by atoms with Crippen LogP contribution >= 0.6 is 0 Å². The van der Waals surface area contributed by atoms with Crippen molar-refractivity contribution in [3.05, 3.63) is 29.8 Å². The molecule has 0 aliphatic rings. The van der Waals surface area contributed by atoms with Gasteiger partial charge in [0.2, 0.25) is 0 Å². The number of aliphatic carboxylic acids is 1. The van der Waals surface area contributed by atoms with Crippen molar-refractivity contribution in [2.45, 2.75) is 12.5 Å². The second-order valence-electron chi connectivity index (χ2n) is 3.67. The van der Waals surface area contributed by atoms with E-state index in [-0.39, 0.29) is 13.0 Å². The van der Waals surface area contributed by atoms with Crippen LogP contribution in [0.5, 0.6) is 0 Å². The maximum atomic E-state index is 11.4. The minimum Gasteiger partial charge on any atom is -0.481 e. The van der Waals surface area contributed by atoms with Crippen molar-refractivity contribution in [3.63, 3.8) is 0 Å². The number of hydrogen-bond donors (Lipinski definition) is 3. The smallest absolute Gasteiger partial charge is 0.339 e. The number of aliphatic hydroxyl groups is 1. The lowest BCUT2D eigenvalue weighted by atomic mass is 10.1. The first-order valence-corrected chi connectivity index (χ1v) is 5.35. The van der Waals surface area contributed by atoms with Gasteiger partial charge in [0.1, 0.15) is 0 Å². The summed E-state index contributed by atoms with van der Waals surface area (Å²) < 4.78 is 4.61. The number of esters is 1. The normalized spacial score (nSPS) is 11.7. The van der Waals surface area contributed by atoms with Crippen molar-refractivity contribution in [3.8, 4) is 0 Å². The first-order valence-electron chi connectivity index (χ1n) is 5.35. The lowest BCUT2D eigenvalue weighted by molar-refractivity contribution is -0.138. The Morgan fingerprint density at radius 3 is 2.67 bits per heavy atom. The van der Waals surface area contributed by atoms with Gasteiger partial charge >= 0.3 is 11.9 Å². The lowest BCUT2D eigenvalue weighted by Gasteiger charge is -2.13. The number of carboxylic acid groups (broad SMARTS) is 1. The summed E-state index contributed by atoms with van der Waals surface area (Å²) in [6, 6.07) is 6.64. The Morgan fingerprint density at radius 2 is 2.06 bits per heavy atom. The number of rotatable bonds is 6. The van der Waals surface area contributed by atoms with Gasteiger partial charge in [0, 0.05) is 12.2 Å². The molecule has 0 aliphatic carbocycles. The molecule has 6 nitrogen and oxygen atoms in total. The largest absolute Gasteiger partial charge is 0.481 e. The molecule has 0 radical (unpaired) electrons. The quantitative estimate of drug-likeness (QED) is 0.646. The molecule has 1 unspecified atom stereocenters. The van der Waals surface area contributed by atoms with Gasteiger partial charge < -0.3 is 20.3 Å². The highest BCUT2D eigenvalue weighted by Crippen LogP contribution is 2.16. The fourth-order valence-corrected chi connectivity index (χ4v) is 1.43. The fraction of sp³-hybridized carbons (Fsp3) is 0.333. The van der Waals surface area contributed by atoms with Crippen molar-refractivity contribution in [1.82, 2.24) is 0 Å². The van der Waals surface area contributed by atoms with E-state index >= 15 is 0 Å². The standard InChI is InChI=1S/C12H15NO5/c1-18-12(17)9-4-2-3-5-10(9)13-7-8(14)6-11(15)16/h2-5,8,13-14H,6-7H2,1H3,(H,15,16). The van der Waals surface area contributed by atoms with Crippen LogP contribution in [0.25, 0.3) is 0 Å². The van der Waals surface area contributed by atoms with E-state index in [1.807, 2.05) is 0 Å². The number of carbonyl (C=O) groups is 2. The SMILES string of the molecule is COC(=O)c1ccccc1NCC(O)CC(=O)O. The summed E-state index contributed by atoms with van der Waals surface area (Å²) in [5, 5.41) is 20.7. The Kier molecular flexibility index (Phi) is 5.13. The topological polar surface area (TPSA) is 95.9 Å². The van der Waals surface area contributed by atoms with Gasteiger partial charge in [-0.25, -0.2) is 4.79 Å². The number of anilines is 1. The minimum absolute atomic E-state index is 0.0420. The second kappa shape index (κ2) is 6.61. The summed E-state index contributed by atoms with van der Waals surface area (Å²) in [5.41, 5.74) is 0.830. The summed E-state index contributed by atoms with van der Waals surface area (Å²) in [7, 11) is 1.28. The summed E-state index contributed by atoms with van der Waals surface area (Å²) in [4.78, 5) is 21.8. The van der Waals surface area contributed by atoms with Gasteiger partial charge in [-0.2, -0.15) is 0 Å². The zero-order chi connectivity index (χ0) is 13.5. The Bertz CT molecular complexity index is 432. The highest BCUT2D eigenvalue weighted by Gasteiger charge is 2.13. The van der Waals surface area contributed by atoms with Crippen molar-refractivity contribution in [2.24, 2.45) is 0 Å². The Hall–Kier alpha value is -2.08. The van der Waals surface area contributed by atoms with E-state index in [2.05, 4.69) is 10.1 Å². The summed E-state index contributed by atoms with van der Waals surface area (Å²) >= 11 is 0. The van der Waals surface area contributed by atoms with Crippen LogP contribution in [0, 0.1) is 0 Å². The summed E-state index contributed by atoms with van der Waals surface area (Å²) in [5.74, 6) is -1.57. The van der Waals surface area contributed by atoms with Crippen molar-refractivity contribution < 1.29 is 24.5 Å². The van der Waals surface area contributed by atoms with Crippen LogP contribution in [-0.2, 0) is 9.53 Å². The average Bonchev–Trinajstić information content (AvgIpc) is 2.35. The van der Waals surface area contributed by atoms with Gasteiger partial charge in [-0.3, -0.25) is 4.79 Å². The van der Waals surface area contributed by atoms with Crippen LogP contribution in [-0.4, -0.2) is 41.9 Å². The monoisotopic (exact) mass is 253 g/mol. The van der Waals surface area contributed by atoms with E-state index in [1.165, 1.54) is 7.11 Å². The van der Waals surface area contributed by atoms with E-state index in [1.54, 1.807) is 24.3 Å². The minimum atomic E-state index is -1.08. The van der Waals surface area contributed by atoms with Crippen LogP contribution in [0.4, 0.5) is 5.69 Å². The van der Waals surface area contributed by atoms with E-state index < -0.39 is 18.0 Å². The van der Waals surface area contributed by atoms with Crippen LogP contribution < -0.4 is 5.32 Å². The Morgan fingerprint density at radius 1 is 1.39 bits per heavy atom. The molecular weight excluding hydrogens is 238 g/mol. The van der Waals surface area contributed by atoms with Crippen molar-refractivity contribution in [2.75, 3.05) is 19.0 Å². The van der Waals surface area contributed by atoms with Gasteiger partial charge in [-0.05, 0) is 12.1 Å². The molecule has 0 saturated carbocycles. The molecule has 0 bridgehead atoms. The number of hydrogen-bond acceptors (Lipinski definition) is 5. The molecule has 0 aromatic heterocycles. The van der Waals surface area contributed by atoms with Gasteiger partial charge in [-0.1, -0.05) is 12.1 Å². The fourth-order valence-electron chi connectivity index (χ4n) is 1.43. The van der Waals surface area contributed by atoms with Gasteiger partial charge in [0.15, 0.2) is 0 Å². The molecule has 0 heterocycles. The third-order valence-electron chi connectivity index (χ3n) is 2.27. The van der Waals surface area contributed by atoms with E-state index in [9.17, 15) is 14.7 Å². The van der Waals surface area contributed by atoms with E-state index in [0.29, 0.717) is 11.3 Å². The molecule has 98 valence electrons. The molecule has 0 amide bonds. The molecule has 1 aromatic carbocycles. The molecule has 1 atom stereocenters. The number of nitrogens with one attached hydrogen (secondary N) is 1. The molecule has 0 aliphatic heterocycles. The number of ether oxygens (including phenoxy) is 1. The van der Waals surface area contributed by atoms with Crippen LogP contribution in [0.15, 0.2) is 24.3 Å². The number of benzene rings is 1. The van der Waals surface area contributed by atoms with Crippen molar-refractivity contribution in [1.29, 1.82) is 0 Å². The van der Waals surface area contributed by atoms with Crippen LogP contribution in [0.1, 0.15) is 16.8 Å². The van der Waals surface area contributed by atoms with E-state index in [4.69, 9.17) is 5.11 Å². The third kappa shape index (κ3) is 4.06. The van der Waals surface area contributed by atoms with Crippen LogP contribution in [0.2, 0.25) is 0 Å². The third-order valence-corrected chi connectivity index (χ3v) is 2.27. The summed E-state index contributed by atoms with van der Waals surface area (Å²) in [6.07, 6.45) is -1.37. The number of methoxy groups -OCH3 is 1. The number of carbonyl (C=O) groups excluding carboxylic acids is 1. The number of aliphatic hydroxyl groups excluding tert-OH is 1. The predicted molar refractivity (Wildman–Crippen MR) is 64.5 cm³/mol. The molecule has 1 aromatic rings. The first kappa shape index (κ1) is 14.0. The predicted octanol–water partition coefficient (Wildman–Crippen LogP) is 0.721. The summed E-state index contributed by atoms with van der Waals surface area (Å²) in [6.45, 7) is 0.0420. The second-order valence-corrected chi connectivity index (χ2v) is 3.67. The molecule has 1 rings (SSSR count). The maximum Gasteiger partial charge on any atom is 0.339 e. The molecule has 0 fully saturated rings. The maximum absolute atomic E-state index is 11.4. The zero-order valence-electron chi connectivity index (χ0n) is 9.92. The lowest BCUT2D eigenvalue weighted by Crippen LogP contribution is -2.23. The molecule has 3 N–H and O–H groups in total. The first-order chi connectivity index (χ1) is 8.54. The van der Waals surface area contributed by atoms with Gasteiger partial charge in [-0.15, -0.1) is 0 Å². The highest BCUT2D eigenvalue weighted by atomic mass is 16.5. The molecule has 0 spiro atoms.